The number of nitrogens with zero attached hydrogens (tertiary/aromatic N) is 4. The van der Waals surface area contributed by atoms with Crippen molar-refractivity contribution in [3.63, 3.8) is 0 Å². The van der Waals surface area contributed by atoms with Crippen molar-refractivity contribution in [2.45, 2.75) is 32.4 Å². The van der Waals surface area contributed by atoms with E-state index in [-0.39, 0.29) is 5.91 Å². The van der Waals surface area contributed by atoms with Crippen molar-refractivity contribution in [3.8, 4) is 0 Å². The van der Waals surface area contributed by atoms with Gasteiger partial charge in [0.1, 0.15) is 0 Å². The molecule has 1 aromatic heterocycles. The highest BCUT2D eigenvalue weighted by atomic mass is 35.5. The van der Waals surface area contributed by atoms with Crippen LogP contribution in [0.3, 0.4) is 0 Å². The molecular weight excluding hydrogens is 424 g/mol. The van der Waals surface area contributed by atoms with Gasteiger partial charge in [-0.1, -0.05) is 65.3 Å². The molecule has 0 N–H and O–H groups in total. The molecule has 1 aliphatic rings. The summed E-state index contributed by atoms with van der Waals surface area (Å²) in [6.45, 7) is 3.25. The maximum Gasteiger partial charge on any atom is 0.227 e. The van der Waals surface area contributed by atoms with Crippen LogP contribution in [0, 0.1) is 0 Å². The second kappa shape index (κ2) is 10.6. The molecule has 6 nitrogen and oxygen atoms in total. The van der Waals surface area contributed by atoms with Crippen molar-refractivity contribution < 1.29 is 9.32 Å². The van der Waals surface area contributed by atoms with Crippen molar-refractivity contribution in [1.29, 1.82) is 0 Å². The third-order valence-electron chi connectivity index (χ3n) is 5.61. The third kappa shape index (κ3) is 6.05. The Morgan fingerprint density at radius 2 is 1.91 bits per heavy atom. The second-order valence-electron chi connectivity index (χ2n) is 8.09. The van der Waals surface area contributed by atoms with Gasteiger partial charge in [0.2, 0.25) is 11.8 Å². The number of halogens is 1. The van der Waals surface area contributed by atoms with Gasteiger partial charge in [0.15, 0.2) is 5.82 Å². The van der Waals surface area contributed by atoms with E-state index < -0.39 is 0 Å². The first-order valence-corrected chi connectivity index (χ1v) is 11.2. The number of carbonyl (C=O) groups excluding carboxylic acids is 1. The smallest absolute Gasteiger partial charge is 0.227 e. The van der Waals surface area contributed by atoms with Crippen LogP contribution in [-0.4, -0.2) is 46.0 Å². The Kier molecular flexibility index (Phi) is 7.35. The minimum Gasteiger partial charge on any atom is -0.341 e. The molecule has 7 heteroatoms. The topological polar surface area (TPSA) is 62.5 Å². The summed E-state index contributed by atoms with van der Waals surface area (Å²) < 4.78 is 5.40. The Balaban J connectivity index is 1.26. The predicted molar refractivity (Wildman–Crippen MR) is 125 cm³/mol. The Labute approximate surface area is 193 Å². The summed E-state index contributed by atoms with van der Waals surface area (Å²) in [5.41, 5.74) is 3.45. The van der Waals surface area contributed by atoms with Gasteiger partial charge in [0, 0.05) is 51.1 Å². The fourth-order valence-corrected chi connectivity index (χ4v) is 3.87. The Hall–Kier alpha value is -2.96. The van der Waals surface area contributed by atoms with E-state index in [1.54, 1.807) is 4.90 Å². The van der Waals surface area contributed by atoms with Gasteiger partial charge >= 0.3 is 0 Å². The van der Waals surface area contributed by atoms with E-state index in [0.29, 0.717) is 31.1 Å². The van der Waals surface area contributed by atoms with Crippen molar-refractivity contribution in [1.82, 2.24) is 19.9 Å². The first-order valence-electron chi connectivity index (χ1n) is 10.8. The summed E-state index contributed by atoms with van der Waals surface area (Å²) in [6, 6.07) is 17.9. The monoisotopic (exact) mass is 450 g/mol. The number of amides is 1. The van der Waals surface area contributed by atoms with Crippen LogP contribution in [0.25, 0.3) is 5.57 Å². The molecule has 2 aromatic carbocycles. The normalized spacial score (nSPS) is 14.2. The van der Waals surface area contributed by atoms with E-state index in [9.17, 15) is 4.79 Å². The molecule has 0 unspecified atom stereocenters. The first kappa shape index (κ1) is 22.2. The highest BCUT2D eigenvalue weighted by Crippen LogP contribution is 2.22. The number of hydrogen-bond donors (Lipinski definition) is 0. The van der Waals surface area contributed by atoms with Crippen LogP contribution in [0.2, 0.25) is 5.02 Å². The van der Waals surface area contributed by atoms with Gasteiger partial charge < -0.3 is 9.42 Å². The van der Waals surface area contributed by atoms with Crippen LogP contribution >= 0.6 is 11.6 Å². The van der Waals surface area contributed by atoms with Gasteiger partial charge in [-0.05, 0) is 35.3 Å². The first-order chi connectivity index (χ1) is 15.6. The van der Waals surface area contributed by atoms with Crippen LogP contribution in [0.1, 0.15) is 35.7 Å². The average molecular weight is 451 g/mol. The largest absolute Gasteiger partial charge is 0.341 e. The fourth-order valence-electron chi connectivity index (χ4n) is 3.74. The fraction of sp³-hybridized carbons (Fsp3) is 0.320. The minimum atomic E-state index is 0.0586. The average Bonchev–Trinajstić information content (AvgIpc) is 3.29. The zero-order valence-electron chi connectivity index (χ0n) is 18.2. The number of aromatic nitrogens is 2. The summed E-state index contributed by atoms with van der Waals surface area (Å²) in [4.78, 5) is 21.1. The molecule has 1 amide bonds. The molecule has 32 heavy (non-hydrogen) atoms. The Morgan fingerprint density at radius 3 is 2.62 bits per heavy atom. The zero-order chi connectivity index (χ0) is 22.3. The van der Waals surface area contributed by atoms with Crippen LogP contribution < -0.4 is 0 Å². The lowest BCUT2D eigenvalue weighted by atomic mass is 10.1. The van der Waals surface area contributed by atoms with Crippen molar-refractivity contribution in [2.75, 3.05) is 20.1 Å². The maximum atomic E-state index is 12.4. The highest BCUT2D eigenvalue weighted by Gasteiger charge is 2.18. The minimum absolute atomic E-state index is 0.0586. The number of benzene rings is 2. The molecule has 0 saturated heterocycles. The molecule has 0 saturated carbocycles. The molecule has 0 bridgehead atoms. The number of hydrogen-bond acceptors (Lipinski definition) is 5. The molecule has 0 fully saturated rings. The van der Waals surface area contributed by atoms with Gasteiger partial charge in [-0.2, -0.15) is 4.98 Å². The van der Waals surface area contributed by atoms with Gasteiger partial charge in [-0.25, -0.2) is 0 Å². The van der Waals surface area contributed by atoms with Crippen LogP contribution in [0.5, 0.6) is 0 Å². The third-order valence-corrected chi connectivity index (χ3v) is 5.86. The number of rotatable bonds is 8. The standard InChI is InChI=1S/C25H27ClN4O2/c1-29(17-19-5-3-2-4-6-19)24(31)12-11-23-27-25(28-32-23)21-13-15-30(16-14-21)18-20-7-9-22(26)10-8-20/h2-10,13H,11-12,14-18H2,1H3. The summed E-state index contributed by atoms with van der Waals surface area (Å²) in [5, 5.41) is 4.89. The van der Waals surface area contributed by atoms with E-state index in [4.69, 9.17) is 16.1 Å². The van der Waals surface area contributed by atoms with E-state index in [0.717, 1.165) is 42.2 Å². The molecule has 0 radical (unpaired) electrons. The molecule has 3 aromatic rings. The molecule has 4 rings (SSSR count). The van der Waals surface area contributed by atoms with E-state index in [2.05, 4.69) is 33.2 Å². The molecule has 166 valence electrons. The summed E-state index contributed by atoms with van der Waals surface area (Å²) in [6.07, 6.45) is 3.82. The molecular formula is C25H27ClN4O2. The molecule has 0 aliphatic carbocycles. The molecule has 0 spiro atoms. The highest BCUT2D eigenvalue weighted by molar-refractivity contribution is 6.30. The van der Waals surface area contributed by atoms with Gasteiger partial charge in [0.05, 0.1) is 0 Å². The van der Waals surface area contributed by atoms with Gasteiger partial charge in [-0.15, -0.1) is 0 Å². The summed E-state index contributed by atoms with van der Waals surface area (Å²) >= 11 is 5.96. The lowest BCUT2D eigenvalue weighted by Gasteiger charge is -2.25. The van der Waals surface area contributed by atoms with E-state index in [1.807, 2.05) is 49.5 Å². The van der Waals surface area contributed by atoms with Crippen LogP contribution in [0.15, 0.2) is 65.2 Å². The SMILES string of the molecule is CN(Cc1ccccc1)C(=O)CCc1nc(C2=CCN(Cc3ccc(Cl)cc3)CC2)no1. The Bertz CT molecular complexity index is 1060. The molecule has 2 heterocycles. The van der Waals surface area contributed by atoms with Gasteiger partial charge in [0.25, 0.3) is 0 Å². The van der Waals surface area contributed by atoms with Crippen molar-refractivity contribution in [2.24, 2.45) is 0 Å². The van der Waals surface area contributed by atoms with E-state index >= 15 is 0 Å². The van der Waals surface area contributed by atoms with Crippen LogP contribution in [0.4, 0.5) is 0 Å². The number of aryl methyl sites for hydroxylation is 1. The lowest BCUT2D eigenvalue weighted by molar-refractivity contribution is -0.130. The van der Waals surface area contributed by atoms with Crippen LogP contribution in [-0.2, 0) is 24.3 Å². The maximum absolute atomic E-state index is 12.4. The predicted octanol–water partition coefficient (Wildman–Crippen LogP) is 4.60. The summed E-state index contributed by atoms with van der Waals surface area (Å²) in [5.74, 6) is 1.20. The summed E-state index contributed by atoms with van der Waals surface area (Å²) in [7, 11) is 1.82. The van der Waals surface area contributed by atoms with Crippen molar-refractivity contribution in [3.05, 3.63) is 88.5 Å². The second-order valence-corrected chi connectivity index (χ2v) is 8.52. The van der Waals surface area contributed by atoms with Crippen molar-refractivity contribution >= 4 is 23.1 Å². The van der Waals surface area contributed by atoms with Gasteiger partial charge in [-0.3, -0.25) is 9.69 Å². The van der Waals surface area contributed by atoms with E-state index in [1.165, 1.54) is 5.56 Å². The zero-order valence-corrected chi connectivity index (χ0v) is 19.0. The molecule has 0 atom stereocenters. The quantitative estimate of drug-likeness (QED) is 0.501. The lowest BCUT2D eigenvalue weighted by Crippen LogP contribution is -2.28. The molecule has 1 aliphatic heterocycles. The Morgan fingerprint density at radius 1 is 1.12 bits per heavy atom. The number of carbonyl (C=O) groups is 1.